The first-order valence-corrected chi connectivity index (χ1v) is 7.50. The van der Waals surface area contributed by atoms with Gasteiger partial charge in [0.2, 0.25) is 6.79 Å². The molecule has 1 fully saturated rings. The number of nitrogens with one attached hydrogen (secondary N) is 1. The van der Waals surface area contributed by atoms with Crippen molar-refractivity contribution in [3.63, 3.8) is 0 Å². The summed E-state index contributed by atoms with van der Waals surface area (Å²) in [5.41, 5.74) is 0.671. The van der Waals surface area contributed by atoms with Crippen LogP contribution in [-0.4, -0.2) is 25.1 Å². The van der Waals surface area contributed by atoms with Crippen molar-refractivity contribution in [1.82, 2.24) is 5.32 Å². The molecule has 1 N–H and O–H groups in total. The van der Waals surface area contributed by atoms with Crippen LogP contribution in [0.1, 0.15) is 36.0 Å². The number of hydrogen-bond acceptors (Lipinski definition) is 3. The molecule has 0 radical (unpaired) electrons. The van der Waals surface area contributed by atoms with E-state index in [0.717, 1.165) is 12.8 Å². The highest BCUT2D eigenvalue weighted by Gasteiger charge is 2.33. The lowest BCUT2D eigenvalue weighted by Crippen LogP contribution is -2.37. The van der Waals surface area contributed by atoms with Crippen molar-refractivity contribution >= 4 is 17.5 Å². The van der Waals surface area contributed by atoms with E-state index in [0.29, 0.717) is 29.5 Å². The first-order chi connectivity index (χ1) is 9.72. The third-order valence-corrected chi connectivity index (χ3v) is 4.77. The van der Waals surface area contributed by atoms with Gasteiger partial charge in [0.25, 0.3) is 5.91 Å². The molecule has 0 spiro atoms. The molecule has 4 nitrogen and oxygen atoms in total. The maximum Gasteiger partial charge on any atom is 0.251 e. The fourth-order valence-electron chi connectivity index (χ4n) is 2.89. The van der Waals surface area contributed by atoms with E-state index in [9.17, 15) is 4.79 Å². The van der Waals surface area contributed by atoms with Crippen molar-refractivity contribution in [2.45, 2.75) is 25.7 Å². The van der Waals surface area contributed by atoms with Gasteiger partial charge in [-0.3, -0.25) is 4.79 Å². The number of hydrogen-bond donors (Lipinski definition) is 1. The summed E-state index contributed by atoms with van der Waals surface area (Å²) >= 11 is 6.08. The van der Waals surface area contributed by atoms with Crippen LogP contribution in [0.3, 0.4) is 0 Å². The molecule has 1 aliphatic heterocycles. The van der Waals surface area contributed by atoms with Crippen LogP contribution in [-0.2, 0) is 0 Å². The quantitative estimate of drug-likeness (QED) is 0.869. The van der Waals surface area contributed by atoms with Gasteiger partial charge in [0, 0.05) is 23.4 Å². The minimum absolute atomic E-state index is 0.0769. The summed E-state index contributed by atoms with van der Waals surface area (Å²) in [4.78, 5) is 12.2. The van der Waals surface area contributed by atoms with E-state index in [1.165, 1.54) is 12.8 Å². The first kappa shape index (κ1) is 13.6. The molecular weight excluding hydrogens is 278 g/mol. The number of carbonyl (C=O) groups excluding carboxylic acids is 1. The Morgan fingerprint density at radius 1 is 1.25 bits per heavy atom. The van der Waals surface area contributed by atoms with Gasteiger partial charge in [-0.15, -0.1) is 11.6 Å². The maximum absolute atomic E-state index is 12.2. The maximum atomic E-state index is 12.2. The molecule has 5 heteroatoms. The second kappa shape index (κ2) is 5.52. The second-order valence-electron chi connectivity index (χ2n) is 5.59. The lowest BCUT2D eigenvalue weighted by Gasteiger charge is -2.26. The summed E-state index contributed by atoms with van der Waals surface area (Å²) in [6.45, 7) is 0.861. The molecule has 3 rings (SSSR count). The molecule has 1 heterocycles. The third-order valence-electron chi connectivity index (χ3n) is 4.21. The van der Waals surface area contributed by atoms with Crippen molar-refractivity contribution in [2.75, 3.05) is 19.2 Å². The van der Waals surface area contributed by atoms with Gasteiger partial charge in [0.1, 0.15) is 0 Å². The Balaban J connectivity index is 1.64. The van der Waals surface area contributed by atoms with Crippen LogP contribution in [0.15, 0.2) is 18.2 Å². The Labute approximate surface area is 123 Å². The number of benzene rings is 1. The molecule has 1 aromatic carbocycles. The molecule has 0 bridgehead atoms. The lowest BCUT2D eigenvalue weighted by molar-refractivity contribution is 0.0934. The summed E-state index contributed by atoms with van der Waals surface area (Å²) in [5, 5.41) is 3.00. The second-order valence-corrected chi connectivity index (χ2v) is 5.86. The summed E-state index contributed by atoms with van der Waals surface area (Å²) in [7, 11) is 0. The van der Waals surface area contributed by atoms with Gasteiger partial charge < -0.3 is 14.8 Å². The van der Waals surface area contributed by atoms with Crippen molar-refractivity contribution in [3.05, 3.63) is 23.8 Å². The van der Waals surface area contributed by atoms with E-state index in [1.54, 1.807) is 18.2 Å². The van der Waals surface area contributed by atoms with Crippen LogP contribution in [0.2, 0.25) is 0 Å². The smallest absolute Gasteiger partial charge is 0.251 e. The SMILES string of the molecule is O=C(NCC1(CCl)CCCC1)c1ccc2c(c1)OCO2. The number of amides is 1. The average Bonchev–Trinajstić information content (AvgIpc) is 3.13. The van der Waals surface area contributed by atoms with Crippen LogP contribution in [0.4, 0.5) is 0 Å². The highest BCUT2D eigenvalue weighted by Crippen LogP contribution is 2.38. The fraction of sp³-hybridized carbons (Fsp3) is 0.533. The van der Waals surface area contributed by atoms with E-state index in [4.69, 9.17) is 21.1 Å². The number of carbonyl (C=O) groups is 1. The molecule has 2 aliphatic rings. The van der Waals surface area contributed by atoms with Crippen molar-refractivity contribution in [1.29, 1.82) is 0 Å². The largest absolute Gasteiger partial charge is 0.454 e. The van der Waals surface area contributed by atoms with Crippen LogP contribution < -0.4 is 14.8 Å². The molecule has 1 amide bonds. The Hall–Kier alpha value is -1.42. The van der Waals surface area contributed by atoms with Crippen molar-refractivity contribution in [3.8, 4) is 11.5 Å². The molecule has 0 unspecified atom stereocenters. The fourth-order valence-corrected chi connectivity index (χ4v) is 3.25. The van der Waals surface area contributed by atoms with Gasteiger partial charge in [-0.2, -0.15) is 0 Å². The zero-order chi connectivity index (χ0) is 14.0. The minimum Gasteiger partial charge on any atom is -0.454 e. The van der Waals surface area contributed by atoms with Gasteiger partial charge in [0.15, 0.2) is 11.5 Å². The van der Waals surface area contributed by atoms with E-state index in [1.807, 2.05) is 0 Å². The third kappa shape index (κ3) is 2.57. The average molecular weight is 296 g/mol. The topological polar surface area (TPSA) is 47.6 Å². The number of fused-ring (bicyclic) bond motifs is 1. The van der Waals surface area contributed by atoms with Gasteiger partial charge in [-0.1, -0.05) is 12.8 Å². The Kier molecular flexibility index (Phi) is 3.74. The lowest BCUT2D eigenvalue weighted by atomic mass is 9.88. The number of ether oxygens (including phenoxy) is 2. The monoisotopic (exact) mass is 295 g/mol. The highest BCUT2D eigenvalue weighted by atomic mass is 35.5. The Morgan fingerprint density at radius 3 is 2.75 bits per heavy atom. The molecule has 108 valence electrons. The van der Waals surface area contributed by atoms with Crippen molar-refractivity contribution in [2.24, 2.45) is 5.41 Å². The summed E-state index contributed by atoms with van der Waals surface area (Å²) in [6.07, 6.45) is 4.59. The zero-order valence-corrected chi connectivity index (χ0v) is 12.0. The van der Waals surface area contributed by atoms with Gasteiger partial charge in [-0.05, 0) is 31.0 Å². The summed E-state index contributed by atoms with van der Waals surface area (Å²) in [5.74, 6) is 1.84. The van der Waals surface area contributed by atoms with Gasteiger partial charge in [0.05, 0.1) is 0 Å². The van der Waals surface area contributed by atoms with Crippen LogP contribution in [0.25, 0.3) is 0 Å². The number of rotatable bonds is 4. The van der Waals surface area contributed by atoms with E-state index >= 15 is 0 Å². The Morgan fingerprint density at radius 2 is 2.00 bits per heavy atom. The predicted octanol–water partition coefficient (Wildman–Crippen LogP) is 2.94. The predicted molar refractivity (Wildman–Crippen MR) is 76.5 cm³/mol. The molecule has 1 aliphatic carbocycles. The minimum atomic E-state index is -0.0836. The van der Waals surface area contributed by atoms with Crippen molar-refractivity contribution < 1.29 is 14.3 Å². The normalized spacial score (nSPS) is 19.1. The highest BCUT2D eigenvalue weighted by molar-refractivity contribution is 6.18. The molecule has 1 saturated carbocycles. The van der Waals surface area contributed by atoms with Gasteiger partial charge in [-0.25, -0.2) is 0 Å². The standard InChI is InChI=1S/C15H18ClNO3/c16-8-15(5-1-2-6-15)9-17-14(18)11-3-4-12-13(7-11)20-10-19-12/h3-4,7H,1-2,5-6,8-10H2,(H,17,18). The molecular formula is C15H18ClNO3. The van der Waals surface area contributed by atoms with E-state index in [-0.39, 0.29) is 18.1 Å². The molecule has 20 heavy (non-hydrogen) atoms. The molecule has 1 aromatic rings. The molecule has 0 aromatic heterocycles. The number of halogens is 1. The Bertz CT molecular complexity index is 512. The van der Waals surface area contributed by atoms with Crippen LogP contribution in [0.5, 0.6) is 11.5 Å². The molecule has 0 atom stereocenters. The first-order valence-electron chi connectivity index (χ1n) is 6.96. The van der Waals surface area contributed by atoms with Crippen LogP contribution >= 0.6 is 11.6 Å². The van der Waals surface area contributed by atoms with E-state index in [2.05, 4.69) is 5.32 Å². The summed E-state index contributed by atoms with van der Waals surface area (Å²) < 4.78 is 10.5. The summed E-state index contributed by atoms with van der Waals surface area (Å²) in [6, 6.07) is 5.24. The van der Waals surface area contributed by atoms with Gasteiger partial charge >= 0.3 is 0 Å². The zero-order valence-electron chi connectivity index (χ0n) is 11.3. The van der Waals surface area contributed by atoms with E-state index < -0.39 is 0 Å². The number of alkyl halides is 1. The van der Waals surface area contributed by atoms with Crippen LogP contribution in [0, 0.1) is 5.41 Å². The molecule has 0 saturated heterocycles.